The molecule has 1 aliphatic carbocycles. The SMILES string of the molecule is CCOC(=O)[C@@]12C[C@H]1/C=C\CCCCC[C@@H]1NC(=O)OCCCC/C=C/c3cc4cc(ccc4cc3OC)[C@]3(OC)C[C@@H](C(=O)N2)N(C3)C1=O. The molecule has 6 bridgehead atoms. The van der Waals surface area contributed by atoms with Crippen LogP contribution in [0.3, 0.4) is 0 Å². The summed E-state index contributed by atoms with van der Waals surface area (Å²) in [6.07, 6.45) is 14.0. The number of fused-ring (bicyclic) bond motifs is 6. The number of hydrogen-bond donors (Lipinski definition) is 2. The van der Waals surface area contributed by atoms with Crippen molar-refractivity contribution in [2.45, 2.75) is 94.4 Å². The highest BCUT2D eigenvalue weighted by atomic mass is 16.5. The van der Waals surface area contributed by atoms with Gasteiger partial charge in [-0.3, -0.25) is 9.59 Å². The van der Waals surface area contributed by atoms with Gasteiger partial charge in [-0.2, -0.15) is 0 Å². The van der Waals surface area contributed by atoms with Gasteiger partial charge in [0.2, 0.25) is 11.8 Å². The number of rotatable bonds is 4. The highest BCUT2D eigenvalue weighted by Gasteiger charge is 2.63. The van der Waals surface area contributed by atoms with Crippen LogP contribution in [-0.4, -0.2) is 80.4 Å². The Balaban J connectivity index is 1.44. The van der Waals surface area contributed by atoms with E-state index in [0.717, 1.165) is 59.8 Å². The number of hydrogen-bond acceptors (Lipinski definition) is 8. The third-order valence-electron chi connectivity index (χ3n) is 10.6. The molecule has 1 saturated heterocycles. The van der Waals surface area contributed by atoms with E-state index in [1.807, 2.05) is 36.4 Å². The van der Waals surface area contributed by atoms with Gasteiger partial charge in [0.15, 0.2) is 0 Å². The number of benzene rings is 2. The lowest BCUT2D eigenvalue weighted by atomic mass is 9.88. The second-order valence-electron chi connectivity index (χ2n) is 13.8. The molecule has 0 unspecified atom stereocenters. The monoisotopic (exact) mass is 687 g/mol. The number of esters is 1. The van der Waals surface area contributed by atoms with E-state index >= 15 is 0 Å². The fraction of sp³-hybridized carbons (Fsp3) is 0.538. The van der Waals surface area contributed by atoms with Crippen LogP contribution in [0.1, 0.15) is 82.3 Å². The Hall–Kier alpha value is -4.38. The summed E-state index contributed by atoms with van der Waals surface area (Å²) in [4.78, 5) is 56.9. The Morgan fingerprint density at radius 3 is 2.60 bits per heavy atom. The van der Waals surface area contributed by atoms with E-state index in [2.05, 4.69) is 28.9 Å². The van der Waals surface area contributed by atoms with Crippen LogP contribution in [-0.2, 0) is 34.2 Å². The Bertz CT molecular complexity index is 1670. The number of carbonyl (C=O) groups excluding carboxylic acids is 4. The van der Waals surface area contributed by atoms with Crippen molar-refractivity contribution >= 4 is 40.7 Å². The van der Waals surface area contributed by atoms with Crippen molar-refractivity contribution in [3.63, 3.8) is 0 Å². The maximum absolute atomic E-state index is 14.6. The average molecular weight is 688 g/mol. The van der Waals surface area contributed by atoms with Crippen LogP contribution >= 0.6 is 0 Å². The van der Waals surface area contributed by atoms with E-state index in [4.69, 9.17) is 18.9 Å². The smallest absolute Gasteiger partial charge is 0.407 e. The number of nitrogens with zero attached hydrogens (tertiary/aromatic N) is 1. The average Bonchev–Trinajstić information content (AvgIpc) is 3.66. The first kappa shape index (κ1) is 35.4. The number of ether oxygens (including phenoxy) is 4. The second kappa shape index (κ2) is 15.2. The van der Waals surface area contributed by atoms with Crippen LogP contribution in [0.15, 0.2) is 48.6 Å². The molecule has 2 aromatic carbocycles. The molecule has 3 amide bonds. The number of carbonyl (C=O) groups is 4. The van der Waals surface area contributed by atoms with Gasteiger partial charge in [-0.1, -0.05) is 49.3 Å². The molecule has 11 heteroatoms. The van der Waals surface area contributed by atoms with Crippen molar-refractivity contribution < 1.29 is 38.1 Å². The summed E-state index contributed by atoms with van der Waals surface area (Å²) in [5.74, 6) is -0.784. The Kier molecular flexibility index (Phi) is 10.8. The van der Waals surface area contributed by atoms with Gasteiger partial charge in [-0.05, 0) is 86.4 Å². The second-order valence-corrected chi connectivity index (χ2v) is 13.8. The first-order valence-corrected chi connectivity index (χ1v) is 18.0. The molecule has 3 heterocycles. The summed E-state index contributed by atoms with van der Waals surface area (Å²) < 4.78 is 23.0. The molecule has 1 saturated carbocycles. The highest BCUT2D eigenvalue weighted by Crippen LogP contribution is 2.47. The number of alkyl carbamates (subject to hydrolysis) is 1. The van der Waals surface area contributed by atoms with Crippen LogP contribution in [0.4, 0.5) is 4.79 Å². The molecule has 0 radical (unpaired) electrons. The standard InChI is InChI=1S/C39H49N3O8/c1-4-49-36(45)39-23-30(39)15-11-6-5-7-12-16-31-35(44)42-25-38(48-3,24-32(42)34(43)41-39)29-18-17-26-22-33(47-2)27(20-28(26)21-29)14-10-8-9-13-19-50-37(46)40-31/h10-11,14-15,17-18,20-22,30-32H,4-9,12-13,16,19,23-25H2,1-3H3,(H,40,46)(H,41,43)/b14-10+,15-11-/t30-,31+,32+,38+,39-/m1/s1. The summed E-state index contributed by atoms with van der Waals surface area (Å²) in [5.41, 5.74) is -0.522. The molecule has 2 aromatic rings. The van der Waals surface area contributed by atoms with Crippen LogP contribution in [0, 0.1) is 5.92 Å². The number of allylic oxidation sites excluding steroid dienone is 2. The normalized spacial score (nSPS) is 30.4. The number of amides is 3. The first-order chi connectivity index (χ1) is 24.2. The quantitative estimate of drug-likeness (QED) is 0.317. The van der Waals surface area contributed by atoms with Crippen molar-refractivity contribution in [1.82, 2.24) is 15.5 Å². The molecule has 2 fully saturated rings. The summed E-state index contributed by atoms with van der Waals surface area (Å²) in [7, 11) is 3.24. The molecule has 2 N–H and O–H groups in total. The molecular weight excluding hydrogens is 638 g/mol. The molecule has 5 atom stereocenters. The summed E-state index contributed by atoms with van der Waals surface area (Å²) >= 11 is 0. The minimum Gasteiger partial charge on any atom is -0.496 e. The van der Waals surface area contributed by atoms with Gasteiger partial charge in [0.05, 0.1) is 26.9 Å². The van der Waals surface area contributed by atoms with E-state index in [1.165, 1.54) is 4.90 Å². The molecule has 0 spiro atoms. The number of nitrogens with one attached hydrogen (secondary N) is 2. The van der Waals surface area contributed by atoms with Crippen molar-refractivity contribution in [3.05, 3.63) is 59.7 Å². The van der Waals surface area contributed by atoms with Crippen molar-refractivity contribution in [2.75, 3.05) is 34.0 Å². The zero-order chi connectivity index (χ0) is 35.3. The molecule has 50 heavy (non-hydrogen) atoms. The third kappa shape index (κ3) is 7.24. The van der Waals surface area contributed by atoms with Gasteiger partial charge in [-0.15, -0.1) is 0 Å². The molecule has 11 nitrogen and oxygen atoms in total. The van der Waals surface area contributed by atoms with Gasteiger partial charge >= 0.3 is 12.1 Å². The summed E-state index contributed by atoms with van der Waals surface area (Å²) in [5, 5.41) is 7.80. The highest BCUT2D eigenvalue weighted by molar-refractivity contribution is 5.97. The van der Waals surface area contributed by atoms with Crippen molar-refractivity contribution in [3.8, 4) is 5.75 Å². The zero-order valence-corrected chi connectivity index (χ0v) is 29.3. The molecule has 0 aromatic heterocycles. The lowest BCUT2D eigenvalue weighted by molar-refractivity contribution is -0.150. The van der Waals surface area contributed by atoms with Crippen LogP contribution in [0.5, 0.6) is 5.75 Å². The first-order valence-electron chi connectivity index (χ1n) is 18.0. The Morgan fingerprint density at radius 2 is 1.80 bits per heavy atom. The lowest BCUT2D eigenvalue weighted by Gasteiger charge is -2.31. The summed E-state index contributed by atoms with van der Waals surface area (Å²) in [6, 6.07) is 8.20. The topological polar surface area (TPSA) is 132 Å². The predicted molar refractivity (Wildman–Crippen MR) is 188 cm³/mol. The molecule has 268 valence electrons. The maximum atomic E-state index is 14.6. The van der Waals surface area contributed by atoms with Crippen molar-refractivity contribution in [2.24, 2.45) is 5.92 Å². The fourth-order valence-electron chi connectivity index (χ4n) is 7.64. The van der Waals surface area contributed by atoms with Gasteiger partial charge < -0.3 is 34.5 Å². The van der Waals surface area contributed by atoms with Gasteiger partial charge in [0.1, 0.15) is 29.0 Å². The molecular formula is C39H49N3O8. The van der Waals surface area contributed by atoms with E-state index in [0.29, 0.717) is 25.7 Å². The van der Waals surface area contributed by atoms with Crippen molar-refractivity contribution in [1.29, 1.82) is 0 Å². The van der Waals surface area contributed by atoms with E-state index < -0.39 is 41.2 Å². The lowest BCUT2D eigenvalue weighted by Crippen LogP contribution is -2.56. The van der Waals surface area contributed by atoms with Gasteiger partial charge in [0.25, 0.3) is 0 Å². The van der Waals surface area contributed by atoms with Crippen LogP contribution < -0.4 is 15.4 Å². The van der Waals surface area contributed by atoms with Crippen LogP contribution in [0.25, 0.3) is 16.8 Å². The molecule has 4 aliphatic rings. The van der Waals surface area contributed by atoms with E-state index in [-0.39, 0.29) is 38.0 Å². The minimum absolute atomic E-state index is 0.0673. The number of methoxy groups -OCH3 is 2. The maximum Gasteiger partial charge on any atom is 0.407 e. The van der Waals surface area contributed by atoms with E-state index in [9.17, 15) is 19.2 Å². The molecule has 6 rings (SSSR count). The summed E-state index contributed by atoms with van der Waals surface area (Å²) in [6.45, 7) is 2.20. The van der Waals surface area contributed by atoms with Crippen LogP contribution in [0.2, 0.25) is 0 Å². The minimum atomic E-state index is -1.20. The van der Waals surface area contributed by atoms with Gasteiger partial charge in [-0.25, -0.2) is 9.59 Å². The largest absolute Gasteiger partial charge is 0.496 e. The molecule has 3 aliphatic heterocycles. The number of cyclic esters (lactones) is 1. The zero-order valence-electron chi connectivity index (χ0n) is 29.3. The fourth-order valence-corrected chi connectivity index (χ4v) is 7.64. The third-order valence-corrected chi connectivity index (χ3v) is 10.6. The Labute approximate surface area is 293 Å². The van der Waals surface area contributed by atoms with Gasteiger partial charge in [0, 0.05) is 25.0 Å². The Morgan fingerprint density at radius 1 is 0.980 bits per heavy atom. The predicted octanol–water partition coefficient (Wildman–Crippen LogP) is 5.54. The van der Waals surface area contributed by atoms with E-state index in [1.54, 1.807) is 21.1 Å².